The number of nitrogens with zero attached hydrogens (tertiary/aromatic N) is 3. The van der Waals surface area contributed by atoms with Gasteiger partial charge in [0.1, 0.15) is 36.4 Å². The van der Waals surface area contributed by atoms with E-state index in [4.69, 9.17) is 52.9 Å². The summed E-state index contributed by atoms with van der Waals surface area (Å²) in [5.41, 5.74) is 3.79. The number of rotatable bonds is 18. The number of aliphatic imine (C=N–C) groups is 1. The fraction of sp³-hybridized carbons (Fsp3) is 0.469. The fourth-order valence-corrected chi connectivity index (χ4v) is 30.7. The Hall–Kier alpha value is -9.26. The average molecular weight is 2000 g/mol. The first-order valence-electron chi connectivity index (χ1n) is 47.5. The molecular formula is C113H141ClCoF5N3O13P2. The first-order valence-corrected chi connectivity index (χ1v) is 50.9. The number of phenolic OH excluding ortho intramolecular Hbond substituents is 2. The summed E-state index contributed by atoms with van der Waals surface area (Å²) in [6, 6.07) is 74.4. The van der Waals surface area contributed by atoms with Gasteiger partial charge < -0.3 is 64.2 Å². The maximum absolute atomic E-state index is 12.6. The standard InChI is InChI=1S/C36H55N2O2.C36H30NP2.C12H20O3.C10H14O3.C9H14O.C7HF5O2.CO2.CH4.CH3.ClH.Co/c1-33(2,3)25-17-23(31(39)27(19-25)35(7,8)9)21-37-29-15-13-14-16-30(29)38-22-24-18-26(34(4,5)6)20-28(32(24)40)36(10,11)12;1-7-19-31(20-8-1)38(32-21-9-2-10-22-32,33-23-11-3-12-24-33)37-39(34-25-13-4-14-26-34,35-27-15-5-16-28-35)36-29-17-6-18-30-36;1-8(13)15-7-12(14-2)11-6-9-3-4-10(11)5-9;11-10-12-5-9(13-10)8-4-6-1-2-7(8)3-6;1-2-7-3-6(1)4-8(7)9-5-10-9;8-2-1(7(13)14)3(9)5(11)6(12)4(2)10;2-1-3;;;;/h17-21,29-30,39-40H,13-16,22H2,1-12H3;1-30H;9-12H,3-7H2,1-2H3;6-9H,1-5H2;6-9H,1-5H2;(H,13,14);;1H4;1H3;1H;/q-1;+1;;;;;;;-1;;+2/p-1/t29-,30-;;9-,10+,11?,12-;6-,7+,8?,9-;6-,7+,8?,9+;;;;;;/m1.111....../s1. The Morgan fingerprint density at radius 2 is 0.906 bits per heavy atom. The number of carboxylic acids is 1. The number of carboxylic acid groups (broad SMARTS) is 1. The van der Waals surface area contributed by atoms with Crippen molar-refractivity contribution in [3.8, 4) is 11.5 Å². The van der Waals surface area contributed by atoms with Crippen LogP contribution in [0.4, 0.5) is 26.7 Å². The molecule has 3 N–H and O–H groups in total. The normalized spacial score (nSPS) is 22.5. The van der Waals surface area contributed by atoms with Crippen molar-refractivity contribution in [1.82, 2.24) is 4.17 Å². The number of hydrogen-bond acceptors (Lipinski definition) is 13. The quantitative estimate of drug-likeness (QED) is 0.00835. The van der Waals surface area contributed by atoms with Crippen LogP contribution in [0.15, 0.2) is 211 Å². The van der Waals surface area contributed by atoms with E-state index in [0.717, 1.165) is 96.0 Å². The molecule has 747 valence electrons. The number of benzene rings is 9. The van der Waals surface area contributed by atoms with Gasteiger partial charge in [0.15, 0.2) is 23.3 Å². The van der Waals surface area contributed by atoms with Crippen molar-refractivity contribution < 1.29 is 114 Å². The van der Waals surface area contributed by atoms with E-state index < -0.39 is 60.9 Å². The van der Waals surface area contributed by atoms with Crippen LogP contribution in [-0.2, 0) is 83.1 Å². The van der Waals surface area contributed by atoms with E-state index in [9.17, 15) is 46.5 Å². The number of carbonyl (C=O) groups is 3. The summed E-state index contributed by atoms with van der Waals surface area (Å²) in [7, 11) is -3.27. The molecule has 1 radical (unpaired) electrons. The number of carbonyl (C=O) groups excluding carboxylic acids is 4. The van der Waals surface area contributed by atoms with Crippen LogP contribution in [0.25, 0.3) is 5.32 Å². The van der Waals surface area contributed by atoms with Crippen molar-refractivity contribution in [2.75, 3.05) is 26.9 Å². The summed E-state index contributed by atoms with van der Waals surface area (Å²) in [5.74, 6) is -5.56. The molecule has 6 bridgehead atoms. The van der Waals surface area contributed by atoms with Gasteiger partial charge in [0, 0.05) is 43.3 Å². The number of methoxy groups -OCH3 is 1. The zero-order chi connectivity index (χ0) is 96.6. The molecule has 0 aromatic heterocycles. The number of phenols is 2. The van der Waals surface area contributed by atoms with Crippen LogP contribution in [0.5, 0.6) is 11.5 Å². The number of ether oxygens (including phenoxy) is 5. The summed E-state index contributed by atoms with van der Waals surface area (Å²) in [6.07, 6.45) is 23.6. The first-order chi connectivity index (χ1) is 63.8. The number of cyclic esters (lactones) is 2. The van der Waals surface area contributed by atoms with Crippen molar-refractivity contribution in [3.05, 3.63) is 287 Å². The minimum atomic E-state index is -2.50. The van der Waals surface area contributed by atoms with E-state index >= 15 is 0 Å². The molecule has 138 heavy (non-hydrogen) atoms. The van der Waals surface area contributed by atoms with Crippen LogP contribution in [0.2, 0.25) is 0 Å². The van der Waals surface area contributed by atoms with E-state index in [0.29, 0.717) is 49.2 Å². The second-order valence-corrected chi connectivity index (χ2v) is 47.8. The van der Waals surface area contributed by atoms with Gasteiger partial charge in [-0.3, -0.25) is 9.79 Å². The molecule has 18 rings (SSSR count). The third kappa shape index (κ3) is 28.0. The van der Waals surface area contributed by atoms with Crippen molar-refractivity contribution >= 4 is 76.4 Å². The zero-order valence-corrected chi connectivity index (χ0v) is 85.3. The summed E-state index contributed by atoms with van der Waals surface area (Å²) in [4.78, 5) is 53.0. The van der Waals surface area contributed by atoms with Crippen LogP contribution < -0.4 is 48.4 Å². The van der Waals surface area contributed by atoms with E-state index in [1.165, 1.54) is 127 Å². The van der Waals surface area contributed by atoms with E-state index in [1.807, 2.05) is 6.21 Å². The van der Waals surface area contributed by atoms with Crippen LogP contribution in [0.3, 0.4) is 0 Å². The van der Waals surface area contributed by atoms with Crippen molar-refractivity contribution in [1.29, 1.82) is 0 Å². The van der Waals surface area contributed by atoms with Gasteiger partial charge in [-0.15, -0.1) is 16.8 Å². The van der Waals surface area contributed by atoms with Gasteiger partial charge in [-0.1, -0.05) is 256 Å². The number of fused-ring (bicyclic) bond motifs is 6. The van der Waals surface area contributed by atoms with Crippen molar-refractivity contribution in [3.63, 3.8) is 0 Å². The van der Waals surface area contributed by atoms with Gasteiger partial charge in [0.05, 0.1) is 50.6 Å². The second kappa shape index (κ2) is 50.4. The SMILES string of the molecule is C.C1C[C@H]2C[C@@H]1CC2[C@@H]1CO1.CC(C)(C)c1cc(C=N[C@@H]2CCCC[C@H]2[N-]Cc2cc(C(C)(C)C)cc(C(C)(C)C)c2O)c(O)c(C(C)(C)C)c1.CO[C@H](COC(C)=O)C1C[C@@H]2CC[C@H]1C2.O=C(O)c1c(F)c(F)c(F)c(F)c1F.O=C1OC[C@H](C2C[C@@H]3CC[C@H]2C3)O1.O=C=O.[CH3-].[Cl-].[Co+2].c1ccc(P(=[N+]=P(c2ccccc2)(c2ccccc2)c2ccccc2)(c2ccccc2)c2ccccc2)cc1. The zero-order valence-electron chi connectivity index (χ0n) is 81.7. The number of epoxide rings is 1. The Balaban J connectivity index is 0.000000217. The molecule has 14 atom stereocenters. The summed E-state index contributed by atoms with van der Waals surface area (Å²) < 4.78 is 94.3. The largest absolute Gasteiger partial charge is 2.00 e. The van der Waals surface area contributed by atoms with E-state index in [2.05, 4.69) is 289 Å². The minimum Gasteiger partial charge on any atom is -1.00 e. The third-order valence-corrected chi connectivity index (χ3v) is 36.7. The maximum atomic E-state index is 12.6. The third-order valence-electron chi connectivity index (χ3n) is 28.3. The molecule has 3 unspecified atom stereocenters. The number of halogens is 6. The predicted molar refractivity (Wildman–Crippen MR) is 536 cm³/mol. The Labute approximate surface area is 831 Å². The van der Waals surface area contributed by atoms with Gasteiger partial charge in [0.2, 0.25) is 5.82 Å². The van der Waals surface area contributed by atoms with Crippen molar-refractivity contribution in [2.24, 2.45) is 58.3 Å². The molecule has 16 nitrogen and oxygen atoms in total. The van der Waals surface area contributed by atoms with Gasteiger partial charge in [-0.25, -0.2) is 31.5 Å². The molecule has 9 aromatic rings. The van der Waals surface area contributed by atoms with Crippen molar-refractivity contribution in [2.45, 2.75) is 259 Å². The first kappa shape index (κ1) is 114. The topological polar surface area (TPSA) is 236 Å². The summed E-state index contributed by atoms with van der Waals surface area (Å²) in [5, 5.41) is 43.3. The number of aromatic carboxylic acids is 1. The Morgan fingerprint density at radius 3 is 1.24 bits per heavy atom. The molecule has 9 fully saturated rings. The average Bonchev–Trinajstić information content (AvgIpc) is 0.846. The van der Waals surface area contributed by atoms with E-state index in [1.54, 1.807) is 7.11 Å². The molecule has 2 aliphatic heterocycles. The number of hydrogen-bond donors (Lipinski definition) is 3. The Kier molecular flexibility index (Phi) is 41.6. The molecule has 7 saturated carbocycles. The fourth-order valence-electron chi connectivity index (χ4n) is 21.2. The Bertz CT molecular complexity index is 5300. The van der Waals surface area contributed by atoms with Crippen LogP contribution >= 0.6 is 14.1 Å². The van der Waals surface area contributed by atoms with Gasteiger partial charge in [-0.2, -0.15) is 9.59 Å². The van der Waals surface area contributed by atoms with Crippen LogP contribution in [-0.4, -0.2) is 103 Å². The van der Waals surface area contributed by atoms with E-state index in [-0.39, 0.29) is 102 Å². The van der Waals surface area contributed by atoms with Crippen LogP contribution in [0.1, 0.15) is 244 Å². The predicted octanol–water partition coefficient (Wildman–Crippen LogP) is 21.4. The van der Waals surface area contributed by atoms with Gasteiger partial charge in [0.25, 0.3) is 0 Å². The molecule has 7 aliphatic carbocycles. The molecule has 9 aliphatic rings. The maximum Gasteiger partial charge on any atom is 2.00 e. The molecule has 0 amide bonds. The van der Waals surface area contributed by atoms with Gasteiger partial charge >= 0.3 is 55.1 Å². The molecule has 2 saturated heterocycles. The Morgan fingerprint density at radius 1 is 0.529 bits per heavy atom. The molecule has 2 heterocycles. The molecule has 9 aromatic carbocycles. The second-order valence-electron chi connectivity index (χ2n) is 41.4. The smallest absolute Gasteiger partial charge is 1.00 e. The molecule has 0 spiro atoms. The van der Waals surface area contributed by atoms with Gasteiger partial charge in [-0.05, 0) is 234 Å². The number of esters is 1. The minimum absolute atomic E-state index is 0. The van der Waals surface area contributed by atoms with Crippen LogP contribution in [0, 0.1) is 89.8 Å². The molecule has 25 heteroatoms. The number of aromatic hydroxyl groups is 2. The monoisotopic (exact) mass is 2000 g/mol. The summed E-state index contributed by atoms with van der Waals surface area (Å²) in [6.45, 7) is 30.1. The summed E-state index contributed by atoms with van der Waals surface area (Å²) >= 11 is 0. The molecular weight excluding hydrogens is 1860 g/mol.